The van der Waals surface area contributed by atoms with Crippen molar-refractivity contribution >= 4 is 11.9 Å². The minimum atomic E-state index is -0.180. The summed E-state index contributed by atoms with van der Waals surface area (Å²) >= 11 is 0. The van der Waals surface area contributed by atoms with Crippen LogP contribution in [0.5, 0.6) is 0 Å². The fourth-order valence-corrected chi connectivity index (χ4v) is 3.25. The van der Waals surface area contributed by atoms with Crippen LogP contribution in [0, 0.1) is 13.8 Å². The van der Waals surface area contributed by atoms with Crippen LogP contribution < -0.4 is 5.32 Å². The molecule has 0 spiro atoms. The third-order valence-corrected chi connectivity index (χ3v) is 4.46. The Kier molecular flexibility index (Phi) is 6.23. The molecule has 0 radical (unpaired) electrons. The van der Waals surface area contributed by atoms with Crippen LogP contribution in [0.2, 0.25) is 0 Å². The molecule has 134 valence electrons. The minimum absolute atomic E-state index is 0.0308. The third kappa shape index (κ3) is 4.27. The van der Waals surface area contributed by atoms with Gasteiger partial charge < -0.3 is 19.6 Å². The lowest BCUT2D eigenvalue weighted by atomic mass is 10.00. The highest BCUT2D eigenvalue weighted by Crippen LogP contribution is 2.22. The van der Waals surface area contributed by atoms with E-state index in [2.05, 4.69) is 17.4 Å². The lowest BCUT2D eigenvalue weighted by molar-refractivity contribution is -0.130. The van der Waals surface area contributed by atoms with Gasteiger partial charge in [-0.3, -0.25) is 4.79 Å². The normalized spacial score (nSPS) is 16.9. The van der Waals surface area contributed by atoms with E-state index in [1.54, 1.807) is 4.90 Å². The molecule has 7 heteroatoms. The van der Waals surface area contributed by atoms with Crippen LogP contribution in [0.4, 0.5) is 4.79 Å². The van der Waals surface area contributed by atoms with Crippen LogP contribution in [0.3, 0.4) is 0 Å². The summed E-state index contributed by atoms with van der Waals surface area (Å²) in [5.41, 5.74) is 1.89. The van der Waals surface area contributed by atoms with E-state index >= 15 is 0 Å². The lowest BCUT2D eigenvalue weighted by Crippen LogP contribution is -2.45. The number of nitrogens with zero attached hydrogens (tertiary/aromatic N) is 3. The van der Waals surface area contributed by atoms with Gasteiger partial charge in [0.15, 0.2) is 0 Å². The molecule has 0 saturated carbocycles. The van der Waals surface area contributed by atoms with Gasteiger partial charge in [0.05, 0.1) is 5.69 Å². The summed E-state index contributed by atoms with van der Waals surface area (Å²) < 4.78 is 5.18. The molecule has 1 aliphatic rings. The van der Waals surface area contributed by atoms with Gasteiger partial charge in [0.1, 0.15) is 12.3 Å². The number of nitrogens with one attached hydrogen (secondary N) is 1. The predicted octanol–water partition coefficient (Wildman–Crippen LogP) is 2.05. The second-order valence-electron chi connectivity index (χ2n) is 6.48. The Morgan fingerprint density at radius 1 is 1.38 bits per heavy atom. The topological polar surface area (TPSA) is 78.7 Å². The van der Waals surface area contributed by atoms with Crippen molar-refractivity contribution in [2.75, 3.05) is 32.7 Å². The largest absolute Gasteiger partial charge is 0.361 e. The number of aromatic nitrogens is 1. The molecular weight excluding hydrogens is 308 g/mol. The molecule has 3 amide bonds. The molecular formula is C17H28N4O3. The molecule has 0 aliphatic carbocycles. The fraction of sp³-hybridized carbons (Fsp3) is 0.706. The van der Waals surface area contributed by atoms with E-state index in [0.29, 0.717) is 13.1 Å². The van der Waals surface area contributed by atoms with Crippen LogP contribution in [0.25, 0.3) is 0 Å². The number of carbonyl (C=O) groups is 2. The Morgan fingerprint density at radius 2 is 2.12 bits per heavy atom. The quantitative estimate of drug-likeness (QED) is 0.892. The number of hydrogen-bond acceptors (Lipinski definition) is 4. The molecule has 1 aliphatic heterocycles. The molecule has 1 saturated heterocycles. The van der Waals surface area contributed by atoms with E-state index in [9.17, 15) is 9.59 Å². The highest BCUT2D eigenvalue weighted by atomic mass is 16.5. The molecule has 1 N–H and O–H groups in total. The number of urea groups is 1. The third-order valence-electron chi connectivity index (χ3n) is 4.46. The maximum Gasteiger partial charge on any atom is 0.317 e. The molecule has 2 heterocycles. The fourth-order valence-electron chi connectivity index (χ4n) is 3.25. The maximum atomic E-state index is 12.4. The van der Waals surface area contributed by atoms with Crippen molar-refractivity contribution in [1.82, 2.24) is 20.3 Å². The number of hydrogen-bond donors (Lipinski definition) is 1. The molecule has 1 aromatic rings. The van der Waals surface area contributed by atoms with Crippen molar-refractivity contribution in [2.45, 2.75) is 46.5 Å². The molecule has 24 heavy (non-hydrogen) atoms. The highest BCUT2D eigenvalue weighted by Gasteiger charge is 2.25. The van der Waals surface area contributed by atoms with Gasteiger partial charge in [0.2, 0.25) is 5.91 Å². The zero-order valence-electron chi connectivity index (χ0n) is 15.1. The second-order valence-corrected chi connectivity index (χ2v) is 6.48. The van der Waals surface area contributed by atoms with Gasteiger partial charge in [-0.15, -0.1) is 0 Å². The minimum Gasteiger partial charge on any atom is -0.361 e. The van der Waals surface area contributed by atoms with E-state index in [4.69, 9.17) is 4.52 Å². The highest BCUT2D eigenvalue weighted by molar-refractivity contribution is 5.84. The SMILES string of the molecule is CCCN1CCCN(C(=O)NCC(C)c2c(C)noc2C)CC1=O. The van der Waals surface area contributed by atoms with Crippen molar-refractivity contribution in [1.29, 1.82) is 0 Å². The first kappa shape index (κ1) is 18.3. The van der Waals surface area contributed by atoms with E-state index in [1.165, 1.54) is 0 Å². The molecule has 1 aromatic heterocycles. The standard InChI is InChI=1S/C17H28N4O3/c1-5-7-20-8-6-9-21(11-15(20)22)17(23)18-10-12(2)16-13(3)19-24-14(16)4/h12H,5-11H2,1-4H3,(H,18,23). The van der Waals surface area contributed by atoms with E-state index in [-0.39, 0.29) is 24.4 Å². The van der Waals surface area contributed by atoms with Gasteiger partial charge in [-0.2, -0.15) is 0 Å². The first-order chi connectivity index (χ1) is 11.4. The van der Waals surface area contributed by atoms with Gasteiger partial charge in [-0.05, 0) is 26.7 Å². The average molecular weight is 336 g/mol. The zero-order chi connectivity index (χ0) is 17.7. The monoisotopic (exact) mass is 336 g/mol. The van der Waals surface area contributed by atoms with Crippen molar-refractivity contribution < 1.29 is 14.1 Å². The van der Waals surface area contributed by atoms with Crippen molar-refractivity contribution in [3.63, 3.8) is 0 Å². The summed E-state index contributed by atoms with van der Waals surface area (Å²) in [6, 6.07) is -0.180. The average Bonchev–Trinajstić information content (AvgIpc) is 2.77. The van der Waals surface area contributed by atoms with Gasteiger partial charge in [0.25, 0.3) is 0 Å². The number of aryl methyl sites for hydroxylation is 2. The van der Waals surface area contributed by atoms with Crippen LogP contribution in [-0.4, -0.2) is 59.6 Å². The zero-order valence-corrected chi connectivity index (χ0v) is 15.1. The first-order valence-corrected chi connectivity index (χ1v) is 8.67. The Hall–Kier alpha value is -2.05. The summed E-state index contributed by atoms with van der Waals surface area (Å²) in [6.07, 6.45) is 1.76. The molecule has 1 fully saturated rings. The van der Waals surface area contributed by atoms with Crippen LogP contribution >= 0.6 is 0 Å². The van der Waals surface area contributed by atoms with Crippen molar-refractivity contribution in [2.24, 2.45) is 0 Å². The van der Waals surface area contributed by atoms with Crippen LogP contribution in [0.15, 0.2) is 4.52 Å². The van der Waals surface area contributed by atoms with Gasteiger partial charge in [-0.25, -0.2) is 4.79 Å². The van der Waals surface area contributed by atoms with E-state index < -0.39 is 0 Å². The molecule has 0 aromatic carbocycles. The Balaban J connectivity index is 1.89. The number of carbonyl (C=O) groups excluding carboxylic acids is 2. The van der Waals surface area contributed by atoms with Gasteiger partial charge >= 0.3 is 6.03 Å². The molecule has 0 bridgehead atoms. The first-order valence-electron chi connectivity index (χ1n) is 8.67. The smallest absolute Gasteiger partial charge is 0.317 e. The Morgan fingerprint density at radius 3 is 2.75 bits per heavy atom. The maximum absolute atomic E-state index is 12.4. The molecule has 1 unspecified atom stereocenters. The van der Waals surface area contributed by atoms with E-state index in [0.717, 1.165) is 42.9 Å². The number of amides is 3. The Bertz CT molecular complexity index is 565. The molecule has 1 atom stereocenters. The predicted molar refractivity (Wildman–Crippen MR) is 90.9 cm³/mol. The number of rotatable bonds is 5. The van der Waals surface area contributed by atoms with Crippen molar-refractivity contribution in [3.8, 4) is 0 Å². The van der Waals surface area contributed by atoms with Crippen molar-refractivity contribution in [3.05, 3.63) is 17.0 Å². The lowest BCUT2D eigenvalue weighted by Gasteiger charge is -2.22. The summed E-state index contributed by atoms with van der Waals surface area (Å²) in [6.45, 7) is 10.6. The summed E-state index contributed by atoms with van der Waals surface area (Å²) in [5.74, 6) is 0.928. The summed E-state index contributed by atoms with van der Waals surface area (Å²) in [7, 11) is 0. The van der Waals surface area contributed by atoms with Gasteiger partial charge in [0, 0.05) is 37.7 Å². The second kappa shape index (κ2) is 8.17. The van der Waals surface area contributed by atoms with Crippen LogP contribution in [0.1, 0.15) is 49.6 Å². The Labute approximate surface area is 143 Å². The summed E-state index contributed by atoms with van der Waals surface area (Å²) in [4.78, 5) is 28.1. The molecule has 2 rings (SSSR count). The summed E-state index contributed by atoms with van der Waals surface area (Å²) in [5, 5.41) is 6.89. The molecule has 7 nitrogen and oxygen atoms in total. The van der Waals surface area contributed by atoms with Gasteiger partial charge in [-0.1, -0.05) is 19.0 Å². The van der Waals surface area contributed by atoms with E-state index in [1.807, 2.05) is 25.7 Å². The van der Waals surface area contributed by atoms with Crippen LogP contribution in [-0.2, 0) is 4.79 Å².